The zero-order valence-electron chi connectivity index (χ0n) is 10.7. The van der Waals surface area contributed by atoms with E-state index in [4.69, 9.17) is 9.47 Å². The molecule has 18 heavy (non-hydrogen) atoms. The van der Waals surface area contributed by atoms with Gasteiger partial charge in [-0.15, -0.1) is 0 Å². The maximum atomic E-state index is 13.3. The van der Waals surface area contributed by atoms with E-state index in [9.17, 15) is 4.39 Å². The van der Waals surface area contributed by atoms with Gasteiger partial charge in [0, 0.05) is 19.7 Å². The fourth-order valence-corrected chi connectivity index (χ4v) is 1.75. The summed E-state index contributed by atoms with van der Waals surface area (Å²) in [6, 6.07) is 4.73. The average Bonchev–Trinajstić information content (AvgIpc) is 2.34. The van der Waals surface area contributed by atoms with Crippen molar-refractivity contribution in [2.24, 2.45) is 0 Å². The number of ether oxygens (including phenoxy) is 2. The van der Waals surface area contributed by atoms with Gasteiger partial charge in [-0.1, -0.05) is 6.92 Å². The van der Waals surface area contributed by atoms with Gasteiger partial charge in [-0.2, -0.15) is 0 Å². The fraction of sp³-hybridized carbons (Fsp3) is 0.538. The van der Waals surface area contributed by atoms with Crippen LogP contribution in [0.5, 0.6) is 5.75 Å². The molecular weight excluding hydrogens is 301 g/mol. The molecule has 0 heterocycles. The van der Waals surface area contributed by atoms with E-state index in [2.05, 4.69) is 28.2 Å². The maximum Gasteiger partial charge on any atom is 0.141 e. The van der Waals surface area contributed by atoms with Gasteiger partial charge in [0.2, 0.25) is 0 Å². The number of nitrogens with one attached hydrogen (secondary N) is 1. The Labute approximate surface area is 116 Å². The van der Waals surface area contributed by atoms with E-state index in [0.717, 1.165) is 13.0 Å². The molecule has 0 fully saturated rings. The van der Waals surface area contributed by atoms with E-state index < -0.39 is 0 Å². The lowest BCUT2D eigenvalue weighted by Gasteiger charge is -2.19. The molecule has 5 heteroatoms. The summed E-state index contributed by atoms with van der Waals surface area (Å²) >= 11 is 3.11. The Morgan fingerprint density at radius 2 is 2.22 bits per heavy atom. The molecular formula is C13H19BrFNO2. The van der Waals surface area contributed by atoms with Gasteiger partial charge in [0.1, 0.15) is 17.7 Å². The first-order valence-corrected chi connectivity index (χ1v) is 6.78. The van der Waals surface area contributed by atoms with Gasteiger partial charge in [0.05, 0.1) is 11.1 Å². The van der Waals surface area contributed by atoms with Crippen molar-refractivity contribution < 1.29 is 13.9 Å². The third kappa shape index (κ3) is 5.33. The summed E-state index contributed by atoms with van der Waals surface area (Å²) < 4.78 is 24.6. The van der Waals surface area contributed by atoms with Gasteiger partial charge in [-0.25, -0.2) is 4.39 Å². The second kappa shape index (κ2) is 8.45. The Bertz CT molecular complexity index is 363. The van der Waals surface area contributed by atoms with Crippen LogP contribution in [0.25, 0.3) is 0 Å². The van der Waals surface area contributed by atoms with Crippen molar-refractivity contribution in [1.82, 2.24) is 5.32 Å². The van der Waals surface area contributed by atoms with E-state index in [-0.39, 0.29) is 11.9 Å². The zero-order chi connectivity index (χ0) is 13.4. The molecule has 0 aliphatic rings. The van der Waals surface area contributed by atoms with Crippen molar-refractivity contribution in [3.63, 3.8) is 0 Å². The number of rotatable bonds is 8. The van der Waals surface area contributed by atoms with Crippen LogP contribution >= 0.6 is 15.9 Å². The van der Waals surface area contributed by atoms with Crippen molar-refractivity contribution >= 4 is 15.9 Å². The predicted molar refractivity (Wildman–Crippen MR) is 73.6 cm³/mol. The van der Waals surface area contributed by atoms with Crippen LogP contribution in [-0.4, -0.2) is 32.9 Å². The van der Waals surface area contributed by atoms with E-state index in [1.807, 2.05) is 0 Å². The minimum Gasteiger partial charge on any atom is -0.487 e. The minimum absolute atomic E-state index is 0.123. The monoisotopic (exact) mass is 319 g/mol. The number of halogens is 2. The fourth-order valence-electron chi connectivity index (χ4n) is 1.50. The molecule has 0 aliphatic carbocycles. The van der Waals surface area contributed by atoms with Crippen LogP contribution in [0, 0.1) is 5.82 Å². The molecule has 1 unspecified atom stereocenters. The van der Waals surface area contributed by atoms with Crippen LogP contribution < -0.4 is 10.1 Å². The van der Waals surface area contributed by atoms with Crippen molar-refractivity contribution in [3.8, 4) is 5.75 Å². The molecule has 0 spiro atoms. The van der Waals surface area contributed by atoms with E-state index in [0.29, 0.717) is 23.4 Å². The summed E-state index contributed by atoms with van der Waals surface area (Å²) in [7, 11) is 1.62. The average molecular weight is 320 g/mol. The molecule has 1 rings (SSSR count). The smallest absolute Gasteiger partial charge is 0.141 e. The Morgan fingerprint density at radius 1 is 1.44 bits per heavy atom. The molecule has 1 aromatic rings. The molecule has 1 N–H and O–H groups in total. The summed E-state index contributed by atoms with van der Waals surface area (Å²) in [5.74, 6) is 0.182. The zero-order valence-corrected chi connectivity index (χ0v) is 12.3. The molecule has 0 bridgehead atoms. The first kappa shape index (κ1) is 15.4. The summed E-state index contributed by atoms with van der Waals surface area (Å²) in [5.41, 5.74) is 0. The molecule has 102 valence electrons. The first-order chi connectivity index (χ1) is 8.67. The second-order valence-corrected chi connectivity index (χ2v) is 4.83. The number of hydrogen-bond donors (Lipinski definition) is 1. The van der Waals surface area contributed by atoms with Gasteiger partial charge in [-0.05, 0) is 41.0 Å². The number of hydrogen-bond acceptors (Lipinski definition) is 3. The minimum atomic E-state index is -0.329. The highest BCUT2D eigenvalue weighted by Crippen LogP contribution is 2.21. The highest BCUT2D eigenvalue weighted by Gasteiger charge is 2.11. The van der Waals surface area contributed by atoms with Crippen LogP contribution in [0.15, 0.2) is 22.7 Å². The normalized spacial score (nSPS) is 12.4. The first-order valence-electron chi connectivity index (χ1n) is 5.98. The van der Waals surface area contributed by atoms with Crippen molar-refractivity contribution in [3.05, 3.63) is 28.5 Å². The maximum absolute atomic E-state index is 13.3. The van der Waals surface area contributed by atoms with Crippen LogP contribution in [0.4, 0.5) is 4.39 Å². The lowest BCUT2D eigenvalue weighted by atomic mass is 10.3. The van der Waals surface area contributed by atoms with E-state index >= 15 is 0 Å². The van der Waals surface area contributed by atoms with Crippen LogP contribution in [-0.2, 0) is 4.74 Å². The highest BCUT2D eigenvalue weighted by molar-refractivity contribution is 9.10. The van der Waals surface area contributed by atoms with Crippen molar-refractivity contribution in [1.29, 1.82) is 0 Å². The predicted octanol–water partition coefficient (Wildman–Crippen LogP) is 2.98. The van der Waals surface area contributed by atoms with Crippen molar-refractivity contribution in [2.45, 2.75) is 19.4 Å². The summed E-state index contributed by atoms with van der Waals surface area (Å²) in [5, 5.41) is 3.26. The van der Waals surface area contributed by atoms with Gasteiger partial charge >= 0.3 is 0 Å². The van der Waals surface area contributed by atoms with Crippen LogP contribution in [0.2, 0.25) is 0 Å². The van der Waals surface area contributed by atoms with Crippen LogP contribution in [0.3, 0.4) is 0 Å². The Balaban J connectivity index is 2.55. The topological polar surface area (TPSA) is 30.5 Å². The van der Waals surface area contributed by atoms with E-state index in [1.54, 1.807) is 19.2 Å². The Hall–Kier alpha value is -0.650. The molecule has 0 amide bonds. The number of methoxy groups -OCH3 is 1. The lowest BCUT2D eigenvalue weighted by molar-refractivity contribution is 0.0805. The lowest BCUT2D eigenvalue weighted by Crippen LogP contribution is -2.35. The van der Waals surface area contributed by atoms with Crippen LogP contribution in [0.1, 0.15) is 13.3 Å². The second-order valence-electron chi connectivity index (χ2n) is 3.98. The third-order valence-corrected chi connectivity index (χ3v) is 2.99. The molecule has 0 aliphatic heterocycles. The summed E-state index contributed by atoms with van der Waals surface area (Å²) in [6.07, 6.45) is 0.939. The van der Waals surface area contributed by atoms with Gasteiger partial charge in [0.25, 0.3) is 0 Å². The van der Waals surface area contributed by atoms with Gasteiger partial charge in [0.15, 0.2) is 0 Å². The summed E-state index contributed by atoms with van der Waals surface area (Å²) in [4.78, 5) is 0. The molecule has 0 aromatic heterocycles. The van der Waals surface area contributed by atoms with E-state index in [1.165, 1.54) is 6.07 Å². The molecule has 3 nitrogen and oxygen atoms in total. The summed E-state index contributed by atoms with van der Waals surface area (Å²) in [6.45, 7) is 4.18. The number of benzene rings is 1. The Morgan fingerprint density at radius 3 is 2.83 bits per heavy atom. The standard InChI is InChI=1S/C13H19BrFNO2/c1-3-6-16-8-11(9-17-2)18-10-4-5-12(14)13(15)7-10/h4-5,7,11,16H,3,6,8-9H2,1-2H3. The molecule has 0 saturated heterocycles. The quantitative estimate of drug-likeness (QED) is 0.747. The molecule has 0 saturated carbocycles. The largest absolute Gasteiger partial charge is 0.487 e. The SMILES string of the molecule is CCCNCC(COC)Oc1ccc(Br)c(F)c1. The van der Waals surface area contributed by atoms with Crippen molar-refractivity contribution in [2.75, 3.05) is 26.8 Å². The highest BCUT2D eigenvalue weighted by atomic mass is 79.9. The van der Waals surface area contributed by atoms with Gasteiger partial charge < -0.3 is 14.8 Å². The third-order valence-electron chi connectivity index (χ3n) is 2.35. The van der Waals surface area contributed by atoms with Gasteiger partial charge in [-0.3, -0.25) is 0 Å². The Kier molecular flexibility index (Phi) is 7.23. The molecule has 1 aromatic carbocycles. The molecule has 1 atom stereocenters. The molecule has 0 radical (unpaired) electrons.